The maximum absolute atomic E-state index is 12.2. The summed E-state index contributed by atoms with van der Waals surface area (Å²) in [7, 11) is -3.20. The lowest BCUT2D eigenvalue weighted by atomic mass is 10.0. The van der Waals surface area contributed by atoms with E-state index in [0.717, 1.165) is 11.1 Å². The largest absolute Gasteiger partial charge is 0.349 e. The molecule has 24 heavy (non-hydrogen) atoms. The van der Waals surface area contributed by atoms with Crippen LogP contribution in [-0.4, -0.2) is 20.6 Å². The summed E-state index contributed by atoms with van der Waals surface area (Å²) >= 11 is 0. The van der Waals surface area contributed by atoms with Crippen LogP contribution in [0.25, 0.3) is 0 Å². The number of carbonyl (C=O) groups excluding carboxylic acids is 1. The van der Waals surface area contributed by atoms with Gasteiger partial charge in [-0.2, -0.15) is 0 Å². The first-order chi connectivity index (χ1) is 11.2. The fraction of sp³-hybridized carbons (Fsp3) is 0.316. The molecule has 0 saturated heterocycles. The molecule has 0 aliphatic rings. The fourth-order valence-electron chi connectivity index (χ4n) is 2.48. The molecule has 128 valence electrons. The Hall–Kier alpha value is -2.14. The predicted molar refractivity (Wildman–Crippen MR) is 95.7 cm³/mol. The molecule has 4 nitrogen and oxygen atoms in total. The van der Waals surface area contributed by atoms with Crippen LogP contribution in [0.2, 0.25) is 0 Å². The van der Waals surface area contributed by atoms with Gasteiger partial charge in [0.05, 0.1) is 17.4 Å². The first-order valence-electron chi connectivity index (χ1n) is 7.82. The van der Waals surface area contributed by atoms with Crippen molar-refractivity contribution >= 4 is 15.7 Å². The Labute approximate surface area is 143 Å². The monoisotopic (exact) mass is 345 g/mol. The maximum Gasteiger partial charge on any atom is 0.224 e. The summed E-state index contributed by atoms with van der Waals surface area (Å²) in [5.74, 6) is -0.0575. The molecule has 1 amide bonds. The molecule has 1 N–H and O–H groups in total. The number of sulfone groups is 1. The van der Waals surface area contributed by atoms with E-state index >= 15 is 0 Å². The van der Waals surface area contributed by atoms with Crippen LogP contribution in [0.15, 0.2) is 47.4 Å². The Kier molecular flexibility index (Phi) is 5.44. The van der Waals surface area contributed by atoms with Gasteiger partial charge in [0, 0.05) is 6.26 Å². The number of nitrogens with one attached hydrogen (secondary N) is 1. The Balaban J connectivity index is 2.01. The second-order valence-corrected chi connectivity index (χ2v) is 8.24. The number of amides is 1. The summed E-state index contributed by atoms with van der Waals surface area (Å²) in [5.41, 5.74) is 4.23. The highest BCUT2D eigenvalue weighted by atomic mass is 32.2. The summed E-state index contributed by atoms with van der Waals surface area (Å²) in [6.45, 7) is 5.96. The summed E-state index contributed by atoms with van der Waals surface area (Å²) in [5, 5.41) is 2.95. The zero-order valence-corrected chi connectivity index (χ0v) is 15.3. The molecule has 0 heterocycles. The minimum absolute atomic E-state index is 0.0575. The Morgan fingerprint density at radius 1 is 1.04 bits per heavy atom. The zero-order chi connectivity index (χ0) is 17.9. The third kappa shape index (κ3) is 4.68. The van der Waals surface area contributed by atoms with Crippen molar-refractivity contribution in [2.24, 2.45) is 0 Å². The Morgan fingerprint density at radius 3 is 2.21 bits per heavy atom. The predicted octanol–water partition coefficient (Wildman–Crippen LogP) is 3.13. The Bertz CT molecular complexity index is 839. The lowest BCUT2D eigenvalue weighted by Crippen LogP contribution is -2.28. The van der Waals surface area contributed by atoms with E-state index in [1.165, 1.54) is 17.4 Å². The first kappa shape index (κ1) is 18.2. The van der Waals surface area contributed by atoms with Gasteiger partial charge in [0.2, 0.25) is 5.91 Å². The molecule has 2 rings (SSSR count). The highest BCUT2D eigenvalue weighted by molar-refractivity contribution is 7.90. The average molecular weight is 345 g/mol. The zero-order valence-electron chi connectivity index (χ0n) is 14.5. The first-order valence-corrected chi connectivity index (χ1v) is 9.71. The maximum atomic E-state index is 12.2. The van der Waals surface area contributed by atoms with E-state index in [1.54, 1.807) is 24.3 Å². The summed E-state index contributed by atoms with van der Waals surface area (Å²) < 4.78 is 23.0. The third-order valence-electron chi connectivity index (χ3n) is 4.12. The van der Waals surface area contributed by atoms with Crippen LogP contribution < -0.4 is 5.32 Å². The van der Waals surface area contributed by atoms with E-state index in [2.05, 4.69) is 5.32 Å². The fourth-order valence-corrected chi connectivity index (χ4v) is 3.11. The molecule has 0 aliphatic carbocycles. The summed E-state index contributed by atoms with van der Waals surface area (Å²) in [6.07, 6.45) is 1.50. The number of aryl methyl sites for hydroxylation is 2. The second kappa shape index (κ2) is 7.18. The number of hydrogen-bond acceptors (Lipinski definition) is 3. The van der Waals surface area contributed by atoms with E-state index in [-0.39, 0.29) is 16.8 Å². The lowest BCUT2D eigenvalue weighted by Gasteiger charge is -2.15. The van der Waals surface area contributed by atoms with Crippen molar-refractivity contribution in [2.45, 2.75) is 38.1 Å². The molecule has 2 aromatic carbocycles. The number of hydrogen-bond donors (Lipinski definition) is 1. The van der Waals surface area contributed by atoms with Crippen molar-refractivity contribution < 1.29 is 13.2 Å². The molecule has 0 saturated carbocycles. The van der Waals surface area contributed by atoms with Gasteiger partial charge >= 0.3 is 0 Å². The van der Waals surface area contributed by atoms with E-state index in [9.17, 15) is 13.2 Å². The van der Waals surface area contributed by atoms with Gasteiger partial charge < -0.3 is 5.32 Å². The minimum Gasteiger partial charge on any atom is -0.349 e. The molecule has 1 unspecified atom stereocenters. The van der Waals surface area contributed by atoms with Gasteiger partial charge in [-0.1, -0.05) is 30.3 Å². The molecule has 0 bridgehead atoms. The number of carbonyl (C=O) groups is 1. The SMILES string of the molecule is Cc1ccc(CC(=O)NC(C)c2ccc(S(C)(=O)=O)cc2)cc1C. The van der Waals surface area contributed by atoms with Crippen molar-refractivity contribution in [3.63, 3.8) is 0 Å². The third-order valence-corrected chi connectivity index (χ3v) is 5.25. The standard InChI is InChI=1S/C19H23NO3S/c1-13-5-6-16(11-14(13)2)12-19(21)20-15(3)17-7-9-18(10-8-17)24(4,22)23/h5-11,15H,12H2,1-4H3,(H,20,21). The molecule has 1 atom stereocenters. The molecular formula is C19H23NO3S. The van der Waals surface area contributed by atoms with Gasteiger partial charge in [0.25, 0.3) is 0 Å². The smallest absolute Gasteiger partial charge is 0.224 e. The van der Waals surface area contributed by atoms with Crippen LogP contribution >= 0.6 is 0 Å². The van der Waals surface area contributed by atoms with Gasteiger partial charge in [-0.3, -0.25) is 4.79 Å². The van der Waals surface area contributed by atoms with Gasteiger partial charge in [-0.15, -0.1) is 0 Å². The molecule has 2 aromatic rings. The van der Waals surface area contributed by atoms with Crippen molar-refractivity contribution in [3.05, 3.63) is 64.7 Å². The molecule has 0 aromatic heterocycles. The van der Waals surface area contributed by atoms with E-state index < -0.39 is 9.84 Å². The lowest BCUT2D eigenvalue weighted by molar-refractivity contribution is -0.121. The van der Waals surface area contributed by atoms with Gasteiger partial charge in [-0.05, 0) is 55.2 Å². The van der Waals surface area contributed by atoms with Crippen LogP contribution in [0.1, 0.15) is 35.2 Å². The van der Waals surface area contributed by atoms with Crippen molar-refractivity contribution in [3.8, 4) is 0 Å². The number of rotatable bonds is 5. The highest BCUT2D eigenvalue weighted by Gasteiger charge is 2.12. The van der Waals surface area contributed by atoms with Gasteiger partial charge in [0.15, 0.2) is 9.84 Å². The summed E-state index contributed by atoms with van der Waals surface area (Å²) in [4.78, 5) is 12.5. The van der Waals surface area contributed by atoms with Crippen molar-refractivity contribution in [1.82, 2.24) is 5.32 Å². The minimum atomic E-state index is -3.20. The van der Waals surface area contributed by atoms with Crippen molar-refractivity contribution in [1.29, 1.82) is 0 Å². The van der Waals surface area contributed by atoms with Gasteiger partial charge in [-0.25, -0.2) is 8.42 Å². The van der Waals surface area contributed by atoms with Crippen LogP contribution in [0.3, 0.4) is 0 Å². The topological polar surface area (TPSA) is 63.2 Å². The second-order valence-electron chi connectivity index (χ2n) is 6.23. The normalized spacial score (nSPS) is 12.7. The molecule has 0 radical (unpaired) electrons. The number of benzene rings is 2. The molecule has 5 heteroatoms. The van der Waals surface area contributed by atoms with Crippen LogP contribution in [0.4, 0.5) is 0 Å². The van der Waals surface area contributed by atoms with Crippen LogP contribution in [0, 0.1) is 13.8 Å². The quantitative estimate of drug-likeness (QED) is 0.905. The molecular weight excluding hydrogens is 322 g/mol. The van der Waals surface area contributed by atoms with E-state index in [0.29, 0.717) is 6.42 Å². The molecule has 0 aliphatic heterocycles. The average Bonchev–Trinajstić information content (AvgIpc) is 2.50. The highest BCUT2D eigenvalue weighted by Crippen LogP contribution is 2.17. The van der Waals surface area contributed by atoms with Crippen LogP contribution in [-0.2, 0) is 21.1 Å². The molecule has 0 fully saturated rings. The summed E-state index contributed by atoms with van der Waals surface area (Å²) in [6, 6.07) is 12.4. The Morgan fingerprint density at radius 2 is 1.67 bits per heavy atom. The van der Waals surface area contributed by atoms with Gasteiger partial charge in [0.1, 0.15) is 0 Å². The van der Waals surface area contributed by atoms with E-state index in [4.69, 9.17) is 0 Å². The van der Waals surface area contributed by atoms with Crippen LogP contribution in [0.5, 0.6) is 0 Å². The van der Waals surface area contributed by atoms with E-state index in [1.807, 2.05) is 39.0 Å². The van der Waals surface area contributed by atoms with Crippen molar-refractivity contribution in [2.75, 3.05) is 6.26 Å². The molecule has 0 spiro atoms.